The van der Waals surface area contributed by atoms with Crippen molar-refractivity contribution in [2.24, 2.45) is 0 Å². The zero-order valence-corrected chi connectivity index (χ0v) is 11.8. The summed E-state index contributed by atoms with van der Waals surface area (Å²) in [6.07, 6.45) is -0.299. The number of benzene rings is 1. The molecule has 2 N–H and O–H groups in total. The number of rotatable bonds is 3. The fourth-order valence-electron chi connectivity index (χ4n) is 2.26. The molecule has 0 spiro atoms. The highest BCUT2D eigenvalue weighted by Gasteiger charge is 2.46. The average Bonchev–Trinajstić information content (AvgIpc) is 2.94. The van der Waals surface area contributed by atoms with Gasteiger partial charge in [0.15, 0.2) is 11.4 Å². The van der Waals surface area contributed by atoms with Crippen molar-refractivity contribution in [3.05, 3.63) is 51.2 Å². The van der Waals surface area contributed by atoms with Crippen LogP contribution in [0, 0.1) is 0 Å². The van der Waals surface area contributed by atoms with Gasteiger partial charge >= 0.3 is 0 Å². The summed E-state index contributed by atoms with van der Waals surface area (Å²) in [4.78, 5) is 24.6. The van der Waals surface area contributed by atoms with E-state index in [-0.39, 0.29) is 12.2 Å². The van der Waals surface area contributed by atoms with E-state index in [1.807, 2.05) is 0 Å². The number of halogens is 1. The van der Waals surface area contributed by atoms with Crippen LogP contribution in [-0.2, 0) is 10.4 Å². The summed E-state index contributed by atoms with van der Waals surface area (Å²) < 4.78 is 0.497. The first-order chi connectivity index (χ1) is 9.50. The van der Waals surface area contributed by atoms with E-state index in [0.717, 1.165) is 11.3 Å². The van der Waals surface area contributed by atoms with Gasteiger partial charge in [-0.1, -0.05) is 29.8 Å². The number of aliphatic hydroxyl groups is 1. The number of fused-ring (bicyclic) bond motifs is 1. The lowest BCUT2D eigenvalue weighted by molar-refractivity contribution is -0.133. The largest absolute Gasteiger partial charge is 0.375 e. The molecular formula is C14H10ClNO3S. The molecule has 1 amide bonds. The number of ketones is 1. The fourth-order valence-corrected chi connectivity index (χ4v) is 3.24. The number of thiophene rings is 1. The summed E-state index contributed by atoms with van der Waals surface area (Å²) in [5, 5.41) is 13.2. The third kappa shape index (κ3) is 2.04. The van der Waals surface area contributed by atoms with E-state index in [9.17, 15) is 14.7 Å². The maximum absolute atomic E-state index is 12.2. The highest BCUT2D eigenvalue weighted by atomic mass is 35.5. The summed E-state index contributed by atoms with van der Waals surface area (Å²) in [5.74, 6) is -0.883. The van der Waals surface area contributed by atoms with Crippen LogP contribution in [0.25, 0.3) is 0 Å². The first-order valence-corrected chi connectivity index (χ1v) is 7.12. The molecule has 1 aromatic heterocycles. The molecule has 2 heterocycles. The standard InChI is InChI=1S/C14H10ClNO3S/c15-12-6-5-11(20-12)10(17)7-14(19)8-3-1-2-4-9(8)16-13(14)18/h1-6,19H,7H2,(H,16,18)/t14-/m1/s1. The number of hydrogen-bond donors (Lipinski definition) is 2. The van der Waals surface area contributed by atoms with Gasteiger partial charge in [0, 0.05) is 11.3 Å². The maximum Gasteiger partial charge on any atom is 0.261 e. The number of para-hydroxylation sites is 1. The van der Waals surface area contributed by atoms with Gasteiger partial charge in [-0.15, -0.1) is 11.3 Å². The Balaban J connectivity index is 1.93. The van der Waals surface area contributed by atoms with Crippen LogP contribution >= 0.6 is 22.9 Å². The van der Waals surface area contributed by atoms with Crippen LogP contribution in [-0.4, -0.2) is 16.8 Å². The molecule has 6 heteroatoms. The van der Waals surface area contributed by atoms with Gasteiger partial charge in [-0.2, -0.15) is 0 Å². The lowest BCUT2D eigenvalue weighted by Crippen LogP contribution is -2.36. The van der Waals surface area contributed by atoms with Gasteiger partial charge in [-0.3, -0.25) is 9.59 Å². The number of Topliss-reactive ketones (excluding diaryl/α,β-unsaturated/α-hetero) is 1. The minimum atomic E-state index is -1.82. The normalized spacial score (nSPS) is 20.6. The molecule has 0 fully saturated rings. The Bertz CT molecular complexity index is 712. The van der Waals surface area contributed by atoms with Crippen LogP contribution in [0.1, 0.15) is 21.7 Å². The van der Waals surface area contributed by atoms with Crippen molar-refractivity contribution >= 4 is 40.3 Å². The second kappa shape index (κ2) is 4.70. The van der Waals surface area contributed by atoms with E-state index in [4.69, 9.17) is 11.6 Å². The molecule has 0 saturated carbocycles. The van der Waals surface area contributed by atoms with Crippen molar-refractivity contribution in [2.75, 3.05) is 5.32 Å². The van der Waals surface area contributed by atoms with Gasteiger partial charge in [0.25, 0.3) is 5.91 Å². The topological polar surface area (TPSA) is 66.4 Å². The zero-order chi connectivity index (χ0) is 14.3. The number of nitrogens with one attached hydrogen (secondary N) is 1. The lowest BCUT2D eigenvalue weighted by Gasteiger charge is -2.19. The Kier molecular flexibility index (Phi) is 3.12. The van der Waals surface area contributed by atoms with Crippen molar-refractivity contribution in [1.82, 2.24) is 0 Å². The maximum atomic E-state index is 12.2. The van der Waals surface area contributed by atoms with Gasteiger partial charge in [0.2, 0.25) is 0 Å². The van der Waals surface area contributed by atoms with Gasteiger partial charge in [0.1, 0.15) is 0 Å². The predicted octanol–water partition coefficient (Wildman–Crippen LogP) is 2.81. The second-order valence-corrected chi connectivity index (χ2v) is 6.28. The Morgan fingerprint density at radius 2 is 2.05 bits per heavy atom. The summed E-state index contributed by atoms with van der Waals surface area (Å²) in [6, 6.07) is 10.0. The van der Waals surface area contributed by atoms with Crippen LogP contribution < -0.4 is 5.32 Å². The molecule has 0 bridgehead atoms. The number of carbonyl (C=O) groups is 2. The first kappa shape index (κ1) is 13.3. The molecule has 0 unspecified atom stereocenters. The van der Waals surface area contributed by atoms with Crippen molar-refractivity contribution in [3.8, 4) is 0 Å². The van der Waals surface area contributed by atoms with E-state index in [1.165, 1.54) is 0 Å². The Hall–Kier alpha value is -1.69. The third-order valence-electron chi connectivity index (χ3n) is 3.26. The van der Waals surface area contributed by atoms with Crippen LogP contribution in [0.5, 0.6) is 0 Å². The number of amides is 1. The quantitative estimate of drug-likeness (QED) is 0.857. The highest BCUT2D eigenvalue weighted by Crippen LogP contribution is 2.39. The van der Waals surface area contributed by atoms with Crippen molar-refractivity contribution in [2.45, 2.75) is 12.0 Å². The molecule has 3 rings (SSSR count). The summed E-state index contributed by atoms with van der Waals surface area (Å²) in [7, 11) is 0. The van der Waals surface area contributed by atoms with E-state index in [1.54, 1.807) is 36.4 Å². The number of anilines is 1. The van der Waals surface area contributed by atoms with Gasteiger partial charge in [-0.25, -0.2) is 0 Å². The molecule has 1 aliphatic rings. The minimum absolute atomic E-state index is 0.299. The molecule has 0 radical (unpaired) electrons. The van der Waals surface area contributed by atoms with Gasteiger partial charge in [-0.05, 0) is 18.2 Å². The van der Waals surface area contributed by atoms with E-state index < -0.39 is 11.5 Å². The number of carbonyl (C=O) groups excluding carboxylic acids is 2. The molecular weight excluding hydrogens is 298 g/mol. The average molecular weight is 308 g/mol. The van der Waals surface area contributed by atoms with Crippen molar-refractivity contribution < 1.29 is 14.7 Å². The molecule has 0 aliphatic carbocycles. The first-order valence-electron chi connectivity index (χ1n) is 5.92. The number of hydrogen-bond acceptors (Lipinski definition) is 4. The van der Waals surface area contributed by atoms with Gasteiger partial charge < -0.3 is 10.4 Å². The smallest absolute Gasteiger partial charge is 0.261 e. The third-order valence-corrected chi connectivity index (χ3v) is 4.53. The lowest BCUT2D eigenvalue weighted by atomic mass is 9.89. The highest BCUT2D eigenvalue weighted by molar-refractivity contribution is 7.18. The molecule has 1 atom stereocenters. The molecule has 1 aliphatic heterocycles. The van der Waals surface area contributed by atoms with Crippen LogP contribution in [0.2, 0.25) is 4.34 Å². The van der Waals surface area contributed by atoms with Crippen molar-refractivity contribution in [1.29, 1.82) is 0 Å². The van der Waals surface area contributed by atoms with Crippen molar-refractivity contribution in [3.63, 3.8) is 0 Å². The molecule has 2 aromatic rings. The second-order valence-electron chi connectivity index (χ2n) is 4.56. The van der Waals surface area contributed by atoms with Gasteiger partial charge in [0.05, 0.1) is 15.6 Å². The van der Waals surface area contributed by atoms with E-state index in [2.05, 4.69) is 5.32 Å². The Morgan fingerprint density at radius 3 is 2.75 bits per heavy atom. The van der Waals surface area contributed by atoms with Crippen LogP contribution in [0.4, 0.5) is 5.69 Å². The molecule has 102 valence electrons. The van der Waals surface area contributed by atoms with E-state index >= 15 is 0 Å². The monoisotopic (exact) mass is 307 g/mol. The summed E-state index contributed by atoms with van der Waals surface area (Å²) in [5.41, 5.74) is -0.845. The molecule has 4 nitrogen and oxygen atoms in total. The fraction of sp³-hybridized carbons (Fsp3) is 0.143. The van der Waals surface area contributed by atoms with E-state index in [0.29, 0.717) is 20.5 Å². The molecule has 0 saturated heterocycles. The minimum Gasteiger partial charge on any atom is -0.375 e. The Morgan fingerprint density at radius 1 is 1.30 bits per heavy atom. The SMILES string of the molecule is O=C(C[C@]1(O)C(=O)Nc2ccccc21)c1ccc(Cl)s1. The predicted molar refractivity (Wildman–Crippen MR) is 77.2 cm³/mol. The van der Waals surface area contributed by atoms with Crippen LogP contribution in [0.3, 0.4) is 0 Å². The summed E-state index contributed by atoms with van der Waals surface area (Å²) in [6.45, 7) is 0. The molecule has 20 heavy (non-hydrogen) atoms. The zero-order valence-electron chi connectivity index (χ0n) is 10.2. The van der Waals surface area contributed by atoms with Crippen LogP contribution in [0.15, 0.2) is 36.4 Å². The summed E-state index contributed by atoms with van der Waals surface area (Å²) >= 11 is 6.92. The Labute approximate surface area is 124 Å². The molecule has 1 aromatic carbocycles.